The minimum Gasteiger partial charge on any atom is -0.497 e. The van der Waals surface area contributed by atoms with Crippen LogP contribution in [0.25, 0.3) is 0 Å². The molecule has 0 bridgehead atoms. The lowest BCUT2D eigenvalue weighted by Gasteiger charge is -2.15. The van der Waals surface area contributed by atoms with Gasteiger partial charge in [-0.05, 0) is 136 Å². The first-order valence-electron chi connectivity index (χ1n) is 24.9. The molecule has 0 aromatic heterocycles. The fourth-order valence-corrected chi connectivity index (χ4v) is 6.78. The number of carboxylic acids is 2. The van der Waals surface area contributed by atoms with Gasteiger partial charge in [0.15, 0.2) is 0 Å². The molecule has 6 aromatic carbocycles. The molecule has 0 amide bonds. The second kappa shape index (κ2) is 34.2. The van der Waals surface area contributed by atoms with Gasteiger partial charge in [0.25, 0.3) is 0 Å². The van der Waals surface area contributed by atoms with Crippen molar-refractivity contribution in [2.75, 3.05) is 42.7 Å². The first-order valence-corrected chi connectivity index (χ1v) is 24.9. The van der Waals surface area contributed by atoms with Gasteiger partial charge < -0.3 is 38.6 Å². The van der Waals surface area contributed by atoms with Crippen LogP contribution >= 0.6 is 0 Å². The number of benzene rings is 6. The molecular weight excluding hydrogens is 933 g/mol. The van der Waals surface area contributed by atoms with Gasteiger partial charge in [0.2, 0.25) is 0 Å². The molecule has 11 heteroatoms. The van der Waals surface area contributed by atoms with Crippen LogP contribution in [0.3, 0.4) is 0 Å². The van der Waals surface area contributed by atoms with Crippen molar-refractivity contribution < 1.29 is 53.0 Å². The van der Waals surface area contributed by atoms with Gasteiger partial charge in [-0.3, -0.25) is 0 Å². The maximum absolute atomic E-state index is 11.2. The number of esters is 1. The standard InChI is InChI=1S/2C11H16O2.C11H14O2.2C10H12O2.C10H14O/c1-8(2)9-5-10(12-3)7-11(6-9)13-4;1-8(2)11-9(12-3)6-5-7-10(11)13-4;1-8(2)9-5-4-6-10(7-9)11(12)13-3;1-7(2)8-3-5-9(6-4-8)10(11)12;1-7(2)8-4-3-5-9(6-8)10(11)12;1-8(2)9-4-6-10(11-3)7-5-9/h2*5-8H,1-4H3;4-8H,1-3H3;2*3-7H,1-2H3,(H,11,12);4-8H,1-3H3. The van der Waals surface area contributed by atoms with Gasteiger partial charge in [-0.15, -0.1) is 0 Å². The van der Waals surface area contributed by atoms with E-state index in [0.717, 1.165) is 45.4 Å². The summed E-state index contributed by atoms with van der Waals surface area (Å²) in [7, 11) is 9.77. The summed E-state index contributed by atoms with van der Waals surface area (Å²) in [5, 5.41) is 17.3. The molecule has 74 heavy (non-hydrogen) atoms. The molecule has 0 radical (unpaired) electrons. The van der Waals surface area contributed by atoms with E-state index in [9.17, 15) is 14.4 Å². The van der Waals surface area contributed by atoms with E-state index in [0.29, 0.717) is 52.2 Å². The summed E-state index contributed by atoms with van der Waals surface area (Å²) in [6.45, 7) is 25.3. The number of carbonyl (C=O) groups is 3. The van der Waals surface area contributed by atoms with Gasteiger partial charge in [0.05, 0.1) is 59.3 Å². The summed E-state index contributed by atoms with van der Waals surface area (Å²) in [5.41, 5.74) is 8.43. The highest BCUT2D eigenvalue weighted by molar-refractivity contribution is 5.89. The molecule has 0 spiro atoms. The normalized spacial score (nSPS) is 10.2. The van der Waals surface area contributed by atoms with E-state index in [1.807, 2.05) is 98.8 Å². The smallest absolute Gasteiger partial charge is 0.337 e. The number of rotatable bonds is 14. The highest BCUT2D eigenvalue weighted by atomic mass is 16.5. The number of methoxy groups -OCH3 is 6. The Balaban J connectivity index is 0.000000444. The van der Waals surface area contributed by atoms with E-state index in [2.05, 4.69) is 86.1 Å². The van der Waals surface area contributed by atoms with Crippen LogP contribution in [0, 0.1) is 0 Å². The van der Waals surface area contributed by atoms with Gasteiger partial charge in [0.1, 0.15) is 28.7 Å². The summed E-state index contributed by atoms with van der Waals surface area (Å²) in [6.07, 6.45) is 0. The van der Waals surface area contributed by atoms with Gasteiger partial charge in [-0.25, -0.2) is 14.4 Å². The number of ether oxygens (including phenoxy) is 6. The molecule has 402 valence electrons. The van der Waals surface area contributed by atoms with Crippen LogP contribution in [0.2, 0.25) is 0 Å². The predicted octanol–water partition coefficient (Wildman–Crippen LogP) is 16.1. The van der Waals surface area contributed by atoms with Crippen LogP contribution in [0.4, 0.5) is 0 Å². The van der Waals surface area contributed by atoms with Crippen LogP contribution in [0.15, 0.2) is 133 Å². The quantitative estimate of drug-likeness (QED) is 0.101. The number of aromatic carboxylic acids is 2. The number of hydrogen-bond donors (Lipinski definition) is 2. The lowest BCUT2D eigenvalue weighted by Crippen LogP contribution is -2.01. The van der Waals surface area contributed by atoms with E-state index in [4.69, 9.17) is 33.9 Å². The van der Waals surface area contributed by atoms with Crippen LogP contribution in [-0.4, -0.2) is 70.8 Å². The van der Waals surface area contributed by atoms with E-state index in [-0.39, 0.29) is 5.97 Å². The van der Waals surface area contributed by atoms with Crippen molar-refractivity contribution >= 4 is 17.9 Å². The molecule has 0 aliphatic carbocycles. The summed E-state index contributed by atoms with van der Waals surface area (Å²) in [6, 6.07) is 41.5. The Hall–Kier alpha value is -7.27. The van der Waals surface area contributed by atoms with Crippen molar-refractivity contribution in [1.82, 2.24) is 0 Å². The average Bonchev–Trinajstić information content (AvgIpc) is 3.40. The third-order valence-electron chi connectivity index (χ3n) is 11.5. The average molecular weight is 1020 g/mol. The molecule has 2 N–H and O–H groups in total. The summed E-state index contributed by atoms with van der Waals surface area (Å²) >= 11 is 0. The summed E-state index contributed by atoms with van der Waals surface area (Å²) in [5.74, 6) is 5.17. The first-order chi connectivity index (χ1) is 35.0. The maximum atomic E-state index is 11.2. The van der Waals surface area contributed by atoms with Crippen LogP contribution in [0.5, 0.6) is 28.7 Å². The fraction of sp³-hybridized carbons (Fsp3) is 0.381. The molecule has 0 heterocycles. The number of carboxylic acid groups (broad SMARTS) is 2. The molecule has 0 unspecified atom stereocenters. The molecule has 0 atom stereocenters. The molecular formula is C63H84O11. The molecule has 0 aliphatic rings. The van der Waals surface area contributed by atoms with Crippen LogP contribution < -0.4 is 23.7 Å². The van der Waals surface area contributed by atoms with E-state index in [1.165, 1.54) is 23.8 Å². The van der Waals surface area contributed by atoms with Crippen molar-refractivity contribution in [3.8, 4) is 28.7 Å². The third-order valence-corrected chi connectivity index (χ3v) is 11.5. The molecule has 6 aromatic rings. The predicted molar refractivity (Wildman–Crippen MR) is 301 cm³/mol. The van der Waals surface area contributed by atoms with Crippen LogP contribution in [0.1, 0.15) is 183 Å². The van der Waals surface area contributed by atoms with Crippen LogP contribution in [-0.2, 0) is 4.74 Å². The van der Waals surface area contributed by atoms with Gasteiger partial charge in [-0.1, -0.05) is 138 Å². The lowest BCUT2D eigenvalue weighted by molar-refractivity contribution is 0.0599. The molecule has 0 saturated carbocycles. The first kappa shape index (κ1) is 64.7. The Bertz CT molecular complexity index is 2510. The Labute approximate surface area is 442 Å². The van der Waals surface area contributed by atoms with Gasteiger partial charge >= 0.3 is 17.9 Å². The fourth-order valence-electron chi connectivity index (χ4n) is 6.78. The second-order valence-electron chi connectivity index (χ2n) is 18.9. The SMILES string of the molecule is CC(C)c1ccc(C(=O)O)cc1.CC(C)c1cccc(C(=O)O)c1.COC(=O)c1cccc(C(C)C)c1.COc1cc(OC)cc(C(C)C)c1.COc1ccc(C(C)C)cc1.COc1cccc(OC)c1C(C)C. The van der Waals surface area contributed by atoms with Crippen molar-refractivity contribution in [3.63, 3.8) is 0 Å². The third kappa shape index (κ3) is 23.1. The summed E-state index contributed by atoms with van der Waals surface area (Å²) < 4.78 is 30.6. The highest BCUT2D eigenvalue weighted by Gasteiger charge is 2.13. The van der Waals surface area contributed by atoms with Crippen molar-refractivity contribution in [2.24, 2.45) is 0 Å². The Morgan fingerprint density at radius 3 is 1.04 bits per heavy atom. The minimum absolute atomic E-state index is 0.275. The van der Waals surface area contributed by atoms with Crippen molar-refractivity contribution in [2.45, 2.75) is 119 Å². The zero-order valence-corrected chi connectivity index (χ0v) is 47.2. The topological polar surface area (TPSA) is 147 Å². The molecule has 11 nitrogen and oxygen atoms in total. The maximum Gasteiger partial charge on any atom is 0.337 e. The second-order valence-corrected chi connectivity index (χ2v) is 18.9. The minimum atomic E-state index is -0.870. The molecule has 0 aliphatic heterocycles. The van der Waals surface area contributed by atoms with E-state index >= 15 is 0 Å². The van der Waals surface area contributed by atoms with Gasteiger partial charge in [-0.2, -0.15) is 0 Å². The number of hydrogen-bond acceptors (Lipinski definition) is 9. The Morgan fingerprint density at radius 2 is 0.703 bits per heavy atom. The zero-order chi connectivity index (χ0) is 56.1. The Morgan fingerprint density at radius 1 is 0.338 bits per heavy atom. The molecule has 0 saturated heterocycles. The highest BCUT2D eigenvalue weighted by Crippen LogP contribution is 2.34. The van der Waals surface area contributed by atoms with E-state index < -0.39 is 11.9 Å². The number of carbonyl (C=O) groups excluding carboxylic acids is 1. The monoisotopic (exact) mass is 1020 g/mol. The van der Waals surface area contributed by atoms with Gasteiger partial charge in [0, 0.05) is 11.6 Å². The molecule has 6 rings (SSSR count). The molecule has 0 fully saturated rings. The van der Waals surface area contributed by atoms with E-state index in [1.54, 1.807) is 71.9 Å². The zero-order valence-electron chi connectivity index (χ0n) is 47.2. The Kier molecular flexibility index (Phi) is 29.9. The summed E-state index contributed by atoms with van der Waals surface area (Å²) in [4.78, 5) is 32.2. The largest absolute Gasteiger partial charge is 0.497 e. The van der Waals surface area contributed by atoms with Crippen molar-refractivity contribution in [1.29, 1.82) is 0 Å². The lowest BCUT2D eigenvalue weighted by atomic mass is 10.0. The van der Waals surface area contributed by atoms with Crippen molar-refractivity contribution in [3.05, 3.63) is 184 Å².